The Morgan fingerprint density at radius 3 is 2.96 bits per heavy atom. The maximum Gasteiger partial charge on any atom is 0.222 e. The standard InChI is InChI=1S/C16H16N4OS2/c1-9-18-15(20-5-4-10(7-20)14(17)21)13-11(8-23-16(13)19-9)12-3-2-6-22-12/h2-3,6,8,10H,4-5,7H2,1H3,(H2,17,21)/t10-/m1/s1. The molecule has 1 aliphatic heterocycles. The van der Waals surface area contributed by atoms with Crippen LogP contribution in [0.2, 0.25) is 0 Å². The molecule has 0 unspecified atom stereocenters. The van der Waals surface area contributed by atoms with E-state index in [2.05, 4.69) is 32.8 Å². The minimum atomic E-state index is -0.224. The lowest BCUT2D eigenvalue weighted by Gasteiger charge is -2.19. The van der Waals surface area contributed by atoms with Gasteiger partial charge in [0, 0.05) is 28.9 Å². The summed E-state index contributed by atoms with van der Waals surface area (Å²) in [6, 6.07) is 4.17. The molecule has 4 heterocycles. The number of aromatic nitrogens is 2. The van der Waals surface area contributed by atoms with Gasteiger partial charge in [-0.2, -0.15) is 0 Å². The number of nitrogens with two attached hydrogens (primary N) is 1. The van der Waals surface area contributed by atoms with Gasteiger partial charge in [-0.25, -0.2) is 9.97 Å². The minimum absolute atomic E-state index is 0.0934. The van der Waals surface area contributed by atoms with Gasteiger partial charge in [0.2, 0.25) is 5.91 Å². The number of fused-ring (bicyclic) bond motifs is 1. The number of thiophene rings is 2. The lowest BCUT2D eigenvalue weighted by Crippen LogP contribution is -2.28. The smallest absolute Gasteiger partial charge is 0.222 e. The van der Waals surface area contributed by atoms with Crippen molar-refractivity contribution in [1.29, 1.82) is 0 Å². The average Bonchev–Trinajstić information content (AvgIpc) is 3.25. The molecule has 1 saturated heterocycles. The molecule has 23 heavy (non-hydrogen) atoms. The van der Waals surface area contributed by atoms with Crippen molar-refractivity contribution in [1.82, 2.24) is 9.97 Å². The molecule has 3 aromatic heterocycles. The van der Waals surface area contributed by atoms with Gasteiger partial charge < -0.3 is 10.6 Å². The van der Waals surface area contributed by atoms with Gasteiger partial charge in [0.25, 0.3) is 0 Å². The van der Waals surface area contributed by atoms with Crippen molar-refractivity contribution in [3.05, 3.63) is 28.7 Å². The summed E-state index contributed by atoms with van der Waals surface area (Å²) in [5, 5.41) is 5.32. The number of aryl methyl sites for hydroxylation is 1. The van der Waals surface area contributed by atoms with Gasteiger partial charge >= 0.3 is 0 Å². The summed E-state index contributed by atoms with van der Waals surface area (Å²) in [6.45, 7) is 3.36. The number of nitrogens with zero attached hydrogens (tertiary/aromatic N) is 3. The van der Waals surface area contributed by atoms with Crippen LogP contribution in [0.3, 0.4) is 0 Å². The van der Waals surface area contributed by atoms with E-state index in [4.69, 9.17) is 10.7 Å². The fourth-order valence-corrected chi connectivity index (χ4v) is 4.86. The van der Waals surface area contributed by atoms with Gasteiger partial charge in [0.15, 0.2) is 0 Å². The Kier molecular flexibility index (Phi) is 3.54. The van der Waals surface area contributed by atoms with Gasteiger partial charge in [-0.05, 0) is 24.8 Å². The van der Waals surface area contributed by atoms with Crippen molar-refractivity contribution in [3.63, 3.8) is 0 Å². The highest BCUT2D eigenvalue weighted by Gasteiger charge is 2.29. The molecule has 0 saturated carbocycles. The molecule has 7 heteroatoms. The normalized spacial score (nSPS) is 18.0. The first-order valence-electron chi connectivity index (χ1n) is 7.47. The Balaban J connectivity index is 1.85. The van der Waals surface area contributed by atoms with Crippen LogP contribution in [0, 0.1) is 12.8 Å². The quantitative estimate of drug-likeness (QED) is 0.793. The molecule has 0 bridgehead atoms. The van der Waals surface area contributed by atoms with Gasteiger partial charge in [-0.1, -0.05) is 6.07 Å². The number of hydrogen-bond acceptors (Lipinski definition) is 6. The van der Waals surface area contributed by atoms with E-state index in [1.165, 1.54) is 10.4 Å². The zero-order valence-corrected chi connectivity index (χ0v) is 14.3. The molecule has 118 valence electrons. The summed E-state index contributed by atoms with van der Waals surface area (Å²) in [7, 11) is 0. The van der Waals surface area contributed by atoms with E-state index < -0.39 is 0 Å². The summed E-state index contributed by atoms with van der Waals surface area (Å²) in [6.07, 6.45) is 0.790. The predicted molar refractivity (Wildman–Crippen MR) is 95.0 cm³/mol. The summed E-state index contributed by atoms with van der Waals surface area (Å²) < 4.78 is 0. The molecule has 0 aliphatic carbocycles. The molecule has 3 aromatic rings. The highest BCUT2D eigenvalue weighted by Crippen LogP contribution is 2.41. The van der Waals surface area contributed by atoms with E-state index in [-0.39, 0.29) is 11.8 Å². The third-order valence-electron chi connectivity index (χ3n) is 4.20. The monoisotopic (exact) mass is 344 g/mol. The number of primary amides is 1. The maximum atomic E-state index is 11.5. The van der Waals surface area contributed by atoms with Crippen molar-refractivity contribution in [2.45, 2.75) is 13.3 Å². The number of rotatable bonds is 3. The summed E-state index contributed by atoms with van der Waals surface area (Å²) in [5.41, 5.74) is 6.65. The number of amides is 1. The molecule has 4 rings (SSSR count). The van der Waals surface area contributed by atoms with Crippen LogP contribution in [0.4, 0.5) is 5.82 Å². The van der Waals surface area contributed by atoms with Crippen molar-refractivity contribution >= 4 is 44.6 Å². The van der Waals surface area contributed by atoms with E-state index in [9.17, 15) is 4.79 Å². The van der Waals surface area contributed by atoms with Crippen LogP contribution in [0.25, 0.3) is 20.7 Å². The molecule has 2 N–H and O–H groups in total. The predicted octanol–water partition coefficient (Wildman–Crippen LogP) is 3.04. The molecule has 0 aromatic carbocycles. The van der Waals surface area contributed by atoms with Crippen molar-refractivity contribution in [3.8, 4) is 10.4 Å². The van der Waals surface area contributed by atoms with Crippen LogP contribution in [-0.2, 0) is 4.79 Å². The average molecular weight is 344 g/mol. The zero-order valence-electron chi connectivity index (χ0n) is 12.7. The molecule has 1 atom stereocenters. The van der Waals surface area contributed by atoms with Gasteiger partial charge in [0.1, 0.15) is 16.5 Å². The third kappa shape index (κ3) is 2.49. The first kappa shape index (κ1) is 14.6. The summed E-state index contributed by atoms with van der Waals surface area (Å²) in [5.74, 6) is 1.37. The Hall–Kier alpha value is -1.99. The molecular weight excluding hydrogens is 328 g/mol. The fraction of sp³-hybridized carbons (Fsp3) is 0.312. The van der Waals surface area contributed by atoms with Crippen LogP contribution < -0.4 is 10.6 Å². The van der Waals surface area contributed by atoms with E-state index in [1.54, 1.807) is 22.7 Å². The van der Waals surface area contributed by atoms with Crippen LogP contribution >= 0.6 is 22.7 Å². The highest BCUT2D eigenvalue weighted by molar-refractivity contribution is 7.18. The first-order chi connectivity index (χ1) is 11.1. The van der Waals surface area contributed by atoms with Gasteiger partial charge in [-0.15, -0.1) is 22.7 Å². The van der Waals surface area contributed by atoms with E-state index >= 15 is 0 Å². The summed E-state index contributed by atoms with van der Waals surface area (Å²) in [4.78, 5) is 25.2. The second-order valence-corrected chi connectivity index (χ2v) is 7.54. The van der Waals surface area contributed by atoms with E-state index in [0.29, 0.717) is 6.54 Å². The van der Waals surface area contributed by atoms with Crippen molar-refractivity contribution in [2.24, 2.45) is 11.7 Å². The number of carbonyl (C=O) groups excluding carboxylic acids is 1. The molecule has 5 nitrogen and oxygen atoms in total. The number of carbonyl (C=O) groups is 1. The topological polar surface area (TPSA) is 72.1 Å². The van der Waals surface area contributed by atoms with Crippen LogP contribution in [0.5, 0.6) is 0 Å². The highest BCUT2D eigenvalue weighted by atomic mass is 32.1. The summed E-state index contributed by atoms with van der Waals surface area (Å²) >= 11 is 3.36. The Morgan fingerprint density at radius 1 is 1.39 bits per heavy atom. The lowest BCUT2D eigenvalue weighted by molar-refractivity contribution is -0.121. The molecule has 0 radical (unpaired) electrons. The Morgan fingerprint density at radius 2 is 2.26 bits per heavy atom. The number of hydrogen-bond donors (Lipinski definition) is 1. The van der Waals surface area contributed by atoms with Crippen LogP contribution in [0.1, 0.15) is 12.2 Å². The molecular formula is C16H16N4OS2. The number of anilines is 1. The maximum absolute atomic E-state index is 11.5. The largest absolute Gasteiger partial charge is 0.369 e. The lowest BCUT2D eigenvalue weighted by atomic mass is 10.1. The van der Waals surface area contributed by atoms with Gasteiger partial charge in [-0.3, -0.25) is 4.79 Å². The fourth-order valence-electron chi connectivity index (χ4n) is 3.05. The molecule has 1 amide bonds. The third-order valence-corrected chi connectivity index (χ3v) is 5.98. The van der Waals surface area contributed by atoms with E-state index in [1.807, 2.05) is 6.92 Å². The Bertz CT molecular complexity index is 872. The van der Waals surface area contributed by atoms with Crippen LogP contribution in [0.15, 0.2) is 22.9 Å². The molecule has 1 fully saturated rings. The molecule has 0 spiro atoms. The SMILES string of the molecule is Cc1nc(N2CC[C@@H](C(N)=O)C2)c2c(-c3cccs3)csc2n1. The second-order valence-electron chi connectivity index (χ2n) is 5.74. The molecule has 1 aliphatic rings. The van der Waals surface area contributed by atoms with E-state index in [0.717, 1.165) is 34.8 Å². The minimum Gasteiger partial charge on any atom is -0.369 e. The van der Waals surface area contributed by atoms with Crippen LogP contribution in [-0.4, -0.2) is 29.0 Å². The zero-order chi connectivity index (χ0) is 16.0. The van der Waals surface area contributed by atoms with Crippen molar-refractivity contribution in [2.75, 3.05) is 18.0 Å². The first-order valence-corrected chi connectivity index (χ1v) is 9.23. The Labute approximate surface area is 141 Å². The van der Waals surface area contributed by atoms with Gasteiger partial charge in [0.05, 0.1) is 11.3 Å². The second kappa shape index (κ2) is 5.58. The van der Waals surface area contributed by atoms with Crippen molar-refractivity contribution < 1.29 is 4.79 Å².